The number of halogens is 3. The molecule has 4 nitrogen and oxygen atoms in total. The number of carbonyl (C=O) groups excluding carboxylic acids is 1. The average molecular weight is 285 g/mol. The number of hydrogen-bond donors (Lipinski definition) is 2. The topological polar surface area (TPSA) is 60.0 Å². The summed E-state index contributed by atoms with van der Waals surface area (Å²) >= 11 is 0. The Morgan fingerprint density at radius 1 is 1.30 bits per heavy atom. The van der Waals surface area contributed by atoms with Crippen molar-refractivity contribution >= 4 is 16.8 Å². The van der Waals surface area contributed by atoms with Crippen LogP contribution in [0.2, 0.25) is 0 Å². The van der Waals surface area contributed by atoms with Gasteiger partial charge in [-0.1, -0.05) is 18.2 Å². The van der Waals surface area contributed by atoms with E-state index < -0.39 is 18.6 Å². The average Bonchev–Trinajstić information content (AvgIpc) is 2.74. The molecule has 3 N–H and O–H groups in total. The van der Waals surface area contributed by atoms with E-state index in [0.29, 0.717) is 6.54 Å². The minimum atomic E-state index is -4.41. The zero-order chi connectivity index (χ0) is 14.8. The summed E-state index contributed by atoms with van der Waals surface area (Å²) in [6.45, 7) is -1.19. The molecule has 0 spiro atoms. The molecule has 0 unspecified atom stereocenters. The Kier molecular flexibility index (Phi) is 3.99. The summed E-state index contributed by atoms with van der Waals surface area (Å²) in [6, 6.07) is 7.30. The summed E-state index contributed by atoms with van der Waals surface area (Å²) in [7, 11) is 0. The number of para-hydroxylation sites is 1. The van der Waals surface area contributed by atoms with Crippen molar-refractivity contribution < 1.29 is 18.0 Å². The molecule has 0 atom stereocenters. The van der Waals surface area contributed by atoms with Crippen LogP contribution in [-0.2, 0) is 17.9 Å². The Hall–Kier alpha value is -2.02. The van der Waals surface area contributed by atoms with Crippen LogP contribution in [0.1, 0.15) is 5.56 Å². The van der Waals surface area contributed by atoms with E-state index in [9.17, 15) is 18.0 Å². The van der Waals surface area contributed by atoms with Crippen molar-refractivity contribution in [1.82, 2.24) is 9.88 Å². The highest BCUT2D eigenvalue weighted by molar-refractivity contribution is 5.86. The molecule has 0 aliphatic rings. The number of fused-ring (bicyclic) bond motifs is 1. The summed E-state index contributed by atoms with van der Waals surface area (Å²) in [5, 5.41) is 2.75. The van der Waals surface area contributed by atoms with Crippen molar-refractivity contribution in [2.45, 2.75) is 19.3 Å². The van der Waals surface area contributed by atoms with Gasteiger partial charge in [-0.15, -0.1) is 0 Å². The van der Waals surface area contributed by atoms with Crippen molar-refractivity contribution in [1.29, 1.82) is 0 Å². The van der Waals surface area contributed by atoms with Gasteiger partial charge in [0.15, 0.2) is 0 Å². The summed E-state index contributed by atoms with van der Waals surface area (Å²) < 4.78 is 37.7. The number of alkyl halides is 3. The third-order valence-corrected chi connectivity index (χ3v) is 2.89. The number of amides is 1. The van der Waals surface area contributed by atoms with Crippen LogP contribution in [-0.4, -0.2) is 23.2 Å². The summed E-state index contributed by atoms with van der Waals surface area (Å²) in [6.07, 6.45) is -2.71. The minimum absolute atomic E-state index is 0.170. The molecule has 2 aromatic rings. The summed E-state index contributed by atoms with van der Waals surface area (Å²) in [5.74, 6) is -0.688. The first-order chi connectivity index (χ1) is 9.40. The lowest BCUT2D eigenvalue weighted by Crippen LogP contribution is -2.35. The van der Waals surface area contributed by atoms with Crippen molar-refractivity contribution in [3.63, 3.8) is 0 Å². The van der Waals surface area contributed by atoms with Crippen molar-refractivity contribution in [3.05, 3.63) is 36.0 Å². The van der Waals surface area contributed by atoms with E-state index in [0.717, 1.165) is 16.5 Å². The normalized spacial score (nSPS) is 11.8. The van der Waals surface area contributed by atoms with Crippen molar-refractivity contribution in [2.24, 2.45) is 5.73 Å². The van der Waals surface area contributed by atoms with Crippen molar-refractivity contribution in [2.75, 3.05) is 6.54 Å². The van der Waals surface area contributed by atoms with Crippen LogP contribution in [0, 0.1) is 0 Å². The van der Waals surface area contributed by atoms with Crippen LogP contribution in [0.15, 0.2) is 30.5 Å². The number of rotatable bonds is 4. The first kappa shape index (κ1) is 14.4. The summed E-state index contributed by atoms with van der Waals surface area (Å²) in [5.41, 5.74) is 7.24. The molecule has 1 aromatic heterocycles. The molecule has 2 rings (SSSR count). The molecule has 7 heteroatoms. The van der Waals surface area contributed by atoms with E-state index in [4.69, 9.17) is 5.73 Å². The number of nitrogens with one attached hydrogen (secondary N) is 1. The molecule has 0 saturated carbocycles. The van der Waals surface area contributed by atoms with E-state index in [1.807, 2.05) is 17.4 Å². The van der Waals surface area contributed by atoms with Crippen LogP contribution in [0.5, 0.6) is 0 Å². The Bertz CT molecular complexity index is 619. The lowest BCUT2D eigenvalue weighted by molar-refractivity contribution is -0.138. The van der Waals surface area contributed by atoms with E-state index in [1.165, 1.54) is 0 Å². The van der Waals surface area contributed by atoms with Gasteiger partial charge in [-0.2, -0.15) is 13.2 Å². The number of carbonyl (C=O) groups is 1. The molecule has 0 radical (unpaired) electrons. The molecule has 1 amide bonds. The molecular weight excluding hydrogens is 271 g/mol. The number of aromatic nitrogens is 1. The first-order valence-electron chi connectivity index (χ1n) is 6.01. The highest BCUT2D eigenvalue weighted by atomic mass is 19.4. The lowest BCUT2D eigenvalue weighted by Gasteiger charge is -2.09. The molecule has 0 bridgehead atoms. The number of hydrogen-bond acceptors (Lipinski definition) is 2. The molecule has 20 heavy (non-hydrogen) atoms. The molecule has 0 aliphatic heterocycles. The molecule has 0 saturated heterocycles. The fourth-order valence-electron chi connectivity index (χ4n) is 2.03. The zero-order valence-electron chi connectivity index (χ0n) is 10.6. The van der Waals surface area contributed by atoms with Gasteiger partial charge in [-0.25, -0.2) is 0 Å². The fraction of sp³-hybridized carbons (Fsp3) is 0.308. The van der Waals surface area contributed by atoms with Crippen LogP contribution in [0.25, 0.3) is 10.9 Å². The number of nitrogens with two attached hydrogens (primary N) is 1. The van der Waals surface area contributed by atoms with E-state index in [2.05, 4.69) is 0 Å². The van der Waals surface area contributed by atoms with Crippen molar-refractivity contribution in [3.8, 4) is 0 Å². The highest BCUT2D eigenvalue weighted by Crippen LogP contribution is 2.20. The first-order valence-corrected chi connectivity index (χ1v) is 6.01. The van der Waals surface area contributed by atoms with Gasteiger partial charge in [0, 0.05) is 23.6 Å². The molecule has 1 aromatic carbocycles. The maximum Gasteiger partial charge on any atom is 0.405 e. The van der Waals surface area contributed by atoms with Crippen LogP contribution in [0.4, 0.5) is 13.2 Å². The molecule has 0 aliphatic carbocycles. The second-order valence-corrected chi connectivity index (χ2v) is 4.40. The van der Waals surface area contributed by atoms with Gasteiger partial charge in [-0.3, -0.25) is 4.79 Å². The van der Waals surface area contributed by atoms with Gasteiger partial charge in [0.05, 0.1) is 0 Å². The van der Waals surface area contributed by atoms with Crippen LogP contribution in [0.3, 0.4) is 0 Å². The van der Waals surface area contributed by atoms with E-state index in [1.54, 1.807) is 22.9 Å². The third kappa shape index (κ3) is 3.30. The van der Waals surface area contributed by atoms with Gasteiger partial charge in [0.1, 0.15) is 13.1 Å². The van der Waals surface area contributed by atoms with E-state index >= 15 is 0 Å². The number of benzene rings is 1. The monoisotopic (exact) mass is 285 g/mol. The maximum absolute atomic E-state index is 12.0. The third-order valence-electron chi connectivity index (χ3n) is 2.89. The predicted octanol–water partition coefficient (Wildman–Crippen LogP) is 1.78. The van der Waals surface area contributed by atoms with Crippen LogP contribution >= 0.6 is 0 Å². The van der Waals surface area contributed by atoms with Gasteiger partial charge in [-0.05, 0) is 11.6 Å². The Morgan fingerprint density at radius 2 is 2.00 bits per heavy atom. The van der Waals surface area contributed by atoms with Gasteiger partial charge >= 0.3 is 6.18 Å². The minimum Gasteiger partial charge on any atom is -0.345 e. The Morgan fingerprint density at radius 3 is 2.65 bits per heavy atom. The second-order valence-electron chi connectivity index (χ2n) is 4.40. The largest absolute Gasteiger partial charge is 0.405 e. The molecule has 1 heterocycles. The Balaban J connectivity index is 2.15. The molecular formula is C13H14F3N3O. The fourth-order valence-corrected chi connectivity index (χ4v) is 2.03. The van der Waals surface area contributed by atoms with Gasteiger partial charge in [0.25, 0.3) is 0 Å². The van der Waals surface area contributed by atoms with E-state index in [-0.39, 0.29) is 6.54 Å². The lowest BCUT2D eigenvalue weighted by atomic mass is 10.2. The second kappa shape index (κ2) is 5.54. The number of nitrogens with zero attached hydrogens (tertiary/aromatic N) is 1. The van der Waals surface area contributed by atoms with Crippen LogP contribution < -0.4 is 11.1 Å². The Labute approximate surface area is 113 Å². The van der Waals surface area contributed by atoms with Gasteiger partial charge < -0.3 is 15.6 Å². The highest BCUT2D eigenvalue weighted by Gasteiger charge is 2.27. The molecule has 108 valence electrons. The predicted molar refractivity (Wildman–Crippen MR) is 68.9 cm³/mol. The van der Waals surface area contributed by atoms with Gasteiger partial charge in [0.2, 0.25) is 5.91 Å². The summed E-state index contributed by atoms with van der Waals surface area (Å²) in [4.78, 5) is 11.5. The SMILES string of the molecule is NCc1cn(CC(=O)NCC(F)(F)F)c2ccccc12. The standard InChI is InChI=1S/C13H14F3N3O/c14-13(15,16)8-18-12(20)7-19-6-9(5-17)10-3-1-2-4-11(10)19/h1-4,6H,5,7-8,17H2,(H,18,20). The quantitative estimate of drug-likeness (QED) is 0.899. The zero-order valence-corrected chi connectivity index (χ0v) is 10.6. The smallest absolute Gasteiger partial charge is 0.345 e. The molecule has 0 fully saturated rings. The maximum atomic E-state index is 12.0.